The minimum Gasteiger partial charge on any atom is -0.364 e. The average molecular weight is 272 g/mol. The van der Waals surface area contributed by atoms with E-state index in [1.165, 1.54) is 16.8 Å². The number of para-hydroxylation sites is 1. The Hall–Kier alpha value is -1.32. The fourth-order valence-electron chi connectivity index (χ4n) is 2.97. The van der Waals surface area contributed by atoms with Crippen molar-refractivity contribution in [3.8, 4) is 0 Å². The molecular formula is C16H20N2S. The lowest BCUT2D eigenvalue weighted by Gasteiger charge is -2.37. The molecule has 3 rings (SSSR count). The number of anilines is 1. The molecule has 0 saturated carbocycles. The van der Waals surface area contributed by atoms with Gasteiger partial charge in [0.05, 0.1) is 6.04 Å². The molecule has 100 valence electrons. The molecule has 1 aromatic heterocycles. The fraction of sp³-hybridized carbons (Fsp3) is 0.375. The zero-order valence-corrected chi connectivity index (χ0v) is 12.3. The molecule has 0 bridgehead atoms. The van der Waals surface area contributed by atoms with Crippen LogP contribution in [0.2, 0.25) is 0 Å². The van der Waals surface area contributed by atoms with Crippen LogP contribution in [-0.2, 0) is 6.42 Å². The highest BCUT2D eigenvalue weighted by Crippen LogP contribution is 2.38. The van der Waals surface area contributed by atoms with Crippen LogP contribution in [0.1, 0.15) is 41.9 Å². The van der Waals surface area contributed by atoms with Crippen molar-refractivity contribution in [3.05, 3.63) is 51.7 Å². The average Bonchev–Trinajstić information content (AvgIpc) is 2.88. The second-order valence-electron chi connectivity index (χ2n) is 5.27. The molecule has 1 aliphatic heterocycles. The van der Waals surface area contributed by atoms with Crippen LogP contribution >= 0.6 is 11.3 Å². The topological polar surface area (TPSA) is 29.3 Å². The van der Waals surface area contributed by atoms with E-state index < -0.39 is 0 Å². The number of nitrogens with two attached hydrogens (primary N) is 1. The molecule has 2 N–H and O–H groups in total. The van der Waals surface area contributed by atoms with Crippen LogP contribution in [0.5, 0.6) is 0 Å². The predicted molar refractivity (Wildman–Crippen MR) is 82.8 cm³/mol. The maximum absolute atomic E-state index is 6.12. The van der Waals surface area contributed by atoms with Gasteiger partial charge < -0.3 is 10.6 Å². The Morgan fingerprint density at radius 3 is 2.89 bits per heavy atom. The third kappa shape index (κ3) is 2.17. The maximum atomic E-state index is 6.12. The Balaban J connectivity index is 2.00. The molecule has 1 unspecified atom stereocenters. The Labute approximate surface area is 118 Å². The third-order valence-electron chi connectivity index (χ3n) is 4.01. The number of fused-ring (bicyclic) bond motifs is 1. The quantitative estimate of drug-likeness (QED) is 0.898. The summed E-state index contributed by atoms with van der Waals surface area (Å²) in [5.74, 6) is 0. The minimum absolute atomic E-state index is 0.0762. The molecule has 0 saturated heterocycles. The van der Waals surface area contributed by atoms with Crippen LogP contribution in [-0.4, -0.2) is 6.54 Å². The van der Waals surface area contributed by atoms with Gasteiger partial charge in [-0.1, -0.05) is 18.2 Å². The van der Waals surface area contributed by atoms with Gasteiger partial charge in [-0.25, -0.2) is 0 Å². The molecule has 2 nitrogen and oxygen atoms in total. The zero-order valence-electron chi connectivity index (χ0n) is 11.5. The minimum atomic E-state index is 0.0762. The van der Waals surface area contributed by atoms with Gasteiger partial charge in [0.1, 0.15) is 0 Å². The van der Waals surface area contributed by atoms with E-state index in [0.717, 1.165) is 13.0 Å². The monoisotopic (exact) mass is 272 g/mol. The summed E-state index contributed by atoms with van der Waals surface area (Å²) in [6.45, 7) is 5.44. The first kappa shape index (κ1) is 12.7. The van der Waals surface area contributed by atoms with Crippen LogP contribution in [0.4, 0.5) is 5.69 Å². The first-order valence-corrected chi connectivity index (χ1v) is 7.74. The summed E-state index contributed by atoms with van der Waals surface area (Å²) < 4.78 is 0. The molecule has 0 spiro atoms. The highest BCUT2D eigenvalue weighted by Gasteiger charge is 2.26. The second-order valence-corrected chi connectivity index (χ2v) is 6.27. The van der Waals surface area contributed by atoms with E-state index in [9.17, 15) is 0 Å². The number of hydrogen-bond acceptors (Lipinski definition) is 3. The summed E-state index contributed by atoms with van der Waals surface area (Å²) in [7, 11) is 0. The van der Waals surface area contributed by atoms with Crippen LogP contribution in [0.15, 0.2) is 35.7 Å². The second kappa shape index (κ2) is 4.99. The van der Waals surface area contributed by atoms with Gasteiger partial charge in [-0.05, 0) is 48.9 Å². The normalized spacial score (nSPS) is 20.2. The number of benzene rings is 1. The standard InChI is InChI=1S/C16H20N2S/c1-11(17)13-5-3-4-6-15(13)18-9-7-16-14(12(18)2)8-10-19-16/h3-6,8,10-12H,7,9,17H2,1-2H3/t11-,12?/m0/s1. The van der Waals surface area contributed by atoms with Gasteiger partial charge in [-0.15, -0.1) is 11.3 Å². The highest BCUT2D eigenvalue weighted by molar-refractivity contribution is 7.10. The molecule has 19 heavy (non-hydrogen) atoms. The van der Waals surface area contributed by atoms with Gasteiger partial charge in [0.2, 0.25) is 0 Å². The van der Waals surface area contributed by atoms with Gasteiger partial charge in [0.15, 0.2) is 0 Å². The predicted octanol–water partition coefficient (Wildman–Crippen LogP) is 3.89. The summed E-state index contributed by atoms with van der Waals surface area (Å²) >= 11 is 1.89. The molecule has 0 fully saturated rings. The van der Waals surface area contributed by atoms with E-state index >= 15 is 0 Å². The molecular weight excluding hydrogens is 252 g/mol. The van der Waals surface area contributed by atoms with Gasteiger partial charge in [-0.3, -0.25) is 0 Å². The number of rotatable bonds is 2. The highest BCUT2D eigenvalue weighted by atomic mass is 32.1. The number of hydrogen-bond donors (Lipinski definition) is 1. The molecule has 0 amide bonds. The van der Waals surface area contributed by atoms with Crippen molar-refractivity contribution in [2.24, 2.45) is 5.73 Å². The Bertz CT molecular complexity index is 574. The van der Waals surface area contributed by atoms with E-state index in [4.69, 9.17) is 5.73 Å². The molecule has 3 heteroatoms. The van der Waals surface area contributed by atoms with Crippen molar-refractivity contribution in [1.29, 1.82) is 0 Å². The summed E-state index contributed by atoms with van der Waals surface area (Å²) in [6.07, 6.45) is 1.14. The maximum Gasteiger partial charge on any atom is 0.0525 e. The van der Waals surface area contributed by atoms with Crippen LogP contribution < -0.4 is 10.6 Å². The van der Waals surface area contributed by atoms with Crippen LogP contribution in [0, 0.1) is 0 Å². The first-order chi connectivity index (χ1) is 9.18. The molecule has 2 atom stereocenters. The SMILES string of the molecule is CC1c2ccsc2CCN1c1ccccc1[C@H](C)N. The van der Waals surface area contributed by atoms with E-state index in [1.807, 2.05) is 11.3 Å². The molecule has 2 aromatic rings. The molecule has 0 radical (unpaired) electrons. The summed E-state index contributed by atoms with van der Waals surface area (Å²) in [5.41, 5.74) is 10.1. The molecule has 2 heterocycles. The van der Waals surface area contributed by atoms with E-state index in [0.29, 0.717) is 6.04 Å². The third-order valence-corrected chi connectivity index (χ3v) is 5.01. The van der Waals surface area contributed by atoms with Gasteiger partial charge in [0, 0.05) is 23.2 Å². The van der Waals surface area contributed by atoms with E-state index in [1.54, 1.807) is 4.88 Å². The smallest absolute Gasteiger partial charge is 0.0525 e. The lowest BCUT2D eigenvalue weighted by Crippen LogP contribution is -2.34. The van der Waals surface area contributed by atoms with Crippen molar-refractivity contribution in [2.45, 2.75) is 32.4 Å². The molecule has 1 aromatic carbocycles. The van der Waals surface area contributed by atoms with Gasteiger partial charge in [0.25, 0.3) is 0 Å². The molecule has 0 aliphatic carbocycles. The van der Waals surface area contributed by atoms with E-state index in [2.05, 4.69) is 54.5 Å². The van der Waals surface area contributed by atoms with Crippen molar-refractivity contribution in [1.82, 2.24) is 0 Å². The van der Waals surface area contributed by atoms with E-state index in [-0.39, 0.29) is 6.04 Å². The Kier molecular flexibility index (Phi) is 3.33. The Morgan fingerprint density at radius 2 is 2.11 bits per heavy atom. The van der Waals surface area contributed by atoms with Crippen LogP contribution in [0.3, 0.4) is 0 Å². The van der Waals surface area contributed by atoms with Crippen LogP contribution in [0.25, 0.3) is 0 Å². The summed E-state index contributed by atoms with van der Waals surface area (Å²) in [4.78, 5) is 4.04. The first-order valence-electron chi connectivity index (χ1n) is 6.86. The lowest BCUT2D eigenvalue weighted by molar-refractivity contribution is 0.626. The van der Waals surface area contributed by atoms with Gasteiger partial charge in [-0.2, -0.15) is 0 Å². The number of nitrogens with zero attached hydrogens (tertiary/aromatic N) is 1. The van der Waals surface area contributed by atoms with Crippen molar-refractivity contribution >= 4 is 17.0 Å². The van der Waals surface area contributed by atoms with Crippen molar-refractivity contribution in [3.63, 3.8) is 0 Å². The largest absolute Gasteiger partial charge is 0.364 e. The van der Waals surface area contributed by atoms with Crippen molar-refractivity contribution < 1.29 is 0 Å². The van der Waals surface area contributed by atoms with Crippen molar-refractivity contribution in [2.75, 3.05) is 11.4 Å². The lowest BCUT2D eigenvalue weighted by atomic mass is 9.98. The number of thiophene rings is 1. The fourth-order valence-corrected chi connectivity index (χ4v) is 3.94. The zero-order chi connectivity index (χ0) is 13.4. The molecule has 1 aliphatic rings. The van der Waals surface area contributed by atoms with Gasteiger partial charge >= 0.3 is 0 Å². The summed E-state index contributed by atoms with van der Waals surface area (Å²) in [5, 5.41) is 2.21. The Morgan fingerprint density at radius 1 is 1.32 bits per heavy atom. The summed E-state index contributed by atoms with van der Waals surface area (Å²) in [6, 6.07) is 11.3.